The fourth-order valence-corrected chi connectivity index (χ4v) is 2.53. The van der Waals surface area contributed by atoms with Crippen molar-refractivity contribution in [3.63, 3.8) is 0 Å². The Kier molecular flexibility index (Phi) is 4.89. The van der Waals surface area contributed by atoms with E-state index in [4.69, 9.17) is 0 Å². The van der Waals surface area contributed by atoms with Gasteiger partial charge in [-0.05, 0) is 30.5 Å². The lowest BCUT2D eigenvalue weighted by Gasteiger charge is -2.29. The van der Waals surface area contributed by atoms with E-state index in [0.29, 0.717) is 5.31 Å². The van der Waals surface area contributed by atoms with E-state index in [1.807, 2.05) is 0 Å². The van der Waals surface area contributed by atoms with Crippen LogP contribution in [-0.2, 0) is 0 Å². The van der Waals surface area contributed by atoms with Gasteiger partial charge in [-0.15, -0.1) is 0 Å². The molecule has 0 spiro atoms. The van der Waals surface area contributed by atoms with Gasteiger partial charge in [-0.25, -0.2) is 0 Å². The first-order valence-corrected chi connectivity index (χ1v) is 6.79. The van der Waals surface area contributed by atoms with E-state index in [2.05, 4.69) is 52.8 Å². The van der Waals surface area contributed by atoms with Crippen molar-refractivity contribution in [1.82, 2.24) is 0 Å². The summed E-state index contributed by atoms with van der Waals surface area (Å²) in [4.78, 5) is 0. The Bertz CT molecular complexity index is 273. The van der Waals surface area contributed by atoms with Gasteiger partial charge in [0, 0.05) is 0 Å². The Morgan fingerprint density at radius 1 is 1.31 bits per heavy atom. The molecular formula is C15H27B. The van der Waals surface area contributed by atoms with Gasteiger partial charge in [-0.3, -0.25) is 0 Å². The van der Waals surface area contributed by atoms with Crippen LogP contribution >= 0.6 is 0 Å². The zero-order valence-electron chi connectivity index (χ0n) is 11.7. The normalized spacial score (nSPS) is 25.1. The molecule has 0 N–H and O–H groups in total. The molecule has 0 aromatic rings. The molecule has 0 saturated heterocycles. The van der Waals surface area contributed by atoms with Crippen LogP contribution in [0.4, 0.5) is 0 Å². The number of hydrogen-bond acceptors (Lipinski definition) is 0. The maximum atomic E-state index is 2.46. The van der Waals surface area contributed by atoms with Crippen molar-refractivity contribution in [2.24, 2.45) is 5.92 Å². The van der Waals surface area contributed by atoms with Crippen molar-refractivity contribution >= 4 is 7.28 Å². The summed E-state index contributed by atoms with van der Waals surface area (Å²) in [5.41, 5.74) is 1.55. The maximum Gasteiger partial charge on any atom is 0.135 e. The second kappa shape index (κ2) is 5.75. The lowest BCUT2D eigenvalue weighted by atomic mass is 9.45. The molecule has 1 atom stereocenters. The molecule has 0 aromatic heterocycles. The van der Waals surface area contributed by atoms with Crippen LogP contribution in [0.1, 0.15) is 53.9 Å². The molecule has 0 fully saturated rings. The first-order chi connectivity index (χ1) is 7.41. The molecule has 0 aliphatic heterocycles. The molecule has 0 aromatic carbocycles. The van der Waals surface area contributed by atoms with Gasteiger partial charge in [-0.2, -0.15) is 0 Å². The molecule has 1 aliphatic rings. The summed E-state index contributed by atoms with van der Waals surface area (Å²) in [6.07, 6.45) is 11.1. The molecule has 1 aliphatic carbocycles. The minimum absolute atomic E-state index is 0.412. The van der Waals surface area contributed by atoms with E-state index < -0.39 is 0 Å². The van der Waals surface area contributed by atoms with Crippen LogP contribution in [-0.4, -0.2) is 7.28 Å². The first-order valence-electron chi connectivity index (χ1n) is 6.79. The average molecular weight is 218 g/mol. The smallest absolute Gasteiger partial charge is 0.0857 e. The maximum absolute atomic E-state index is 2.46. The van der Waals surface area contributed by atoms with Gasteiger partial charge in [0.25, 0.3) is 0 Å². The second-order valence-corrected chi connectivity index (χ2v) is 6.50. The van der Waals surface area contributed by atoms with Crippen molar-refractivity contribution in [3.05, 3.63) is 23.8 Å². The topological polar surface area (TPSA) is 0 Å². The van der Waals surface area contributed by atoms with Crippen molar-refractivity contribution in [1.29, 1.82) is 0 Å². The summed E-state index contributed by atoms with van der Waals surface area (Å²) in [6, 6.07) is 0. The van der Waals surface area contributed by atoms with Crippen LogP contribution in [0.3, 0.4) is 0 Å². The highest BCUT2D eigenvalue weighted by atomic mass is 14.2. The van der Waals surface area contributed by atoms with Gasteiger partial charge < -0.3 is 0 Å². The predicted molar refractivity (Wildman–Crippen MR) is 76.5 cm³/mol. The van der Waals surface area contributed by atoms with Crippen LogP contribution < -0.4 is 0 Å². The minimum atomic E-state index is 0.412. The van der Waals surface area contributed by atoms with Crippen LogP contribution in [0, 0.1) is 5.92 Å². The van der Waals surface area contributed by atoms with E-state index in [0.717, 1.165) is 11.7 Å². The molecule has 0 nitrogen and oxygen atoms in total. The summed E-state index contributed by atoms with van der Waals surface area (Å²) in [7, 11) is 1.30. The zero-order valence-corrected chi connectivity index (χ0v) is 11.7. The zero-order chi connectivity index (χ0) is 12.2. The SMILES string of the molecule is CC(C)BC1(C)C=CC(CCC(C)C)=CC1. The van der Waals surface area contributed by atoms with Crippen molar-refractivity contribution < 1.29 is 0 Å². The molecule has 0 bridgehead atoms. The molecule has 1 rings (SSSR count). The fraction of sp³-hybridized carbons (Fsp3) is 0.733. The molecule has 0 heterocycles. The molecule has 16 heavy (non-hydrogen) atoms. The van der Waals surface area contributed by atoms with Crippen molar-refractivity contribution in [3.8, 4) is 0 Å². The van der Waals surface area contributed by atoms with Gasteiger partial charge in [0.1, 0.15) is 7.28 Å². The minimum Gasteiger partial charge on any atom is -0.0857 e. The molecule has 1 heteroatoms. The van der Waals surface area contributed by atoms with Crippen molar-refractivity contribution in [2.75, 3.05) is 0 Å². The third kappa shape index (κ3) is 4.59. The largest absolute Gasteiger partial charge is 0.135 e. The third-order valence-electron chi connectivity index (χ3n) is 3.42. The van der Waals surface area contributed by atoms with Gasteiger partial charge in [0.15, 0.2) is 0 Å². The Balaban J connectivity index is 2.46. The summed E-state index contributed by atoms with van der Waals surface area (Å²) >= 11 is 0. The third-order valence-corrected chi connectivity index (χ3v) is 3.42. The Morgan fingerprint density at radius 3 is 2.44 bits per heavy atom. The van der Waals surface area contributed by atoms with E-state index in [9.17, 15) is 0 Å². The Morgan fingerprint density at radius 2 is 2.00 bits per heavy atom. The monoisotopic (exact) mass is 218 g/mol. The first kappa shape index (κ1) is 13.6. The predicted octanol–water partition coefficient (Wildman–Crippen LogP) is 4.75. The van der Waals surface area contributed by atoms with Crippen LogP contribution in [0.2, 0.25) is 11.1 Å². The molecule has 0 radical (unpaired) electrons. The van der Waals surface area contributed by atoms with Gasteiger partial charge in [0.2, 0.25) is 0 Å². The molecule has 0 saturated carbocycles. The average Bonchev–Trinajstić information content (AvgIpc) is 2.15. The Hall–Kier alpha value is -0.455. The van der Waals surface area contributed by atoms with E-state index in [1.165, 1.54) is 26.5 Å². The van der Waals surface area contributed by atoms with E-state index >= 15 is 0 Å². The molecule has 90 valence electrons. The standard InChI is InChI=1S/C15H27B/c1-12(2)6-7-14-8-10-15(5,11-9-14)16-13(3)4/h8-10,12-13,16H,6-7,11H2,1-5H3. The Labute approximate surface area is 102 Å². The van der Waals surface area contributed by atoms with Crippen molar-refractivity contribution in [2.45, 2.75) is 65.0 Å². The highest BCUT2D eigenvalue weighted by Crippen LogP contribution is 2.38. The van der Waals surface area contributed by atoms with Gasteiger partial charge in [-0.1, -0.05) is 64.2 Å². The molecule has 1 unspecified atom stereocenters. The van der Waals surface area contributed by atoms with Gasteiger partial charge in [0.05, 0.1) is 0 Å². The molecule has 0 amide bonds. The quantitative estimate of drug-likeness (QED) is 0.584. The number of hydrogen-bond donors (Lipinski definition) is 0. The molecular weight excluding hydrogens is 191 g/mol. The van der Waals surface area contributed by atoms with E-state index in [-0.39, 0.29) is 0 Å². The number of allylic oxidation sites excluding steroid dienone is 4. The van der Waals surface area contributed by atoms with Gasteiger partial charge >= 0.3 is 0 Å². The fourth-order valence-electron chi connectivity index (χ4n) is 2.53. The highest BCUT2D eigenvalue weighted by molar-refractivity contribution is 6.42. The van der Waals surface area contributed by atoms with Crippen LogP contribution in [0.25, 0.3) is 0 Å². The summed E-state index contributed by atoms with van der Waals surface area (Å²) in [5, 5.41) is 0.412. The lowest BCUT2D eigenvalue weighted by molar-refractivity contribution is 0.584. The van der Waals surface area contributed by atoms with Crippen LogP contribution in [0.15, 0.2) is 23.8 Å². The summed E-state index contributed by atoms with van der Waals surface area (Å²) in [5.74, 6) is 1.61. The summed E-state index contributed by atoms with van der Waals surface area (Å²) in [6.45, 7) is 11.6. The van der Waals surface area contributed by atoms with Crippen LogP contribution in [0.5, 0.6) is 0 Å². The number of rotatable bonds is 5. The van der Waals surface area contributed by atoms with E-state index in [1.54, 1.807) is 5.57 Å². The lowest BCUT2D eigenvalue weighted by Crippen LogP contribution is -2.18. The summed E-state index contributed by atoms with van der Waals surface area (Å²) < 4.78 is 0. The highest BCUT2D eigenvalue weighted by Gasteiger charge is 2.24. The second-order valence-electron chi connectivity index (χ2n) is 6.50.